The van der Waals surface area contributed by atoms with Crippen LogP contribution in [0.1, 0.15) is 19.3 Å². The minimum Gasteiger partial charge on any atom is -0.326 e. The number of anilines is 1. The maximum absolute atomic E-state index is 12.6. The van der Waals surface area contributed by atoms with Crippen molar-refractivity contribution in [2.75, 3.05) is 11.9 Å². The fourth-order valence-electron chi connectivity index (χ4n) is 2.91. The van der Waals surface area contributed by atoms with Crippen LogP contribution in [-0.2, 0) is 24.2 Å². The molecule has 1 aliphatic heterocycles. The second kappa shape index (κ2) is 8.41. The molecule has 156 valence electrons. The summed E-state index contributed by atoms with van der Waals surface area (Å²) in [5.41, 5.74) is 0.131. The molecule has 0 atom stereocenters. The minimum atomic E-state index is -3.88. The summed E-state index contributed by atoms with van der Waals surface area (Å²) in [4.78, 5) is 46.1. The van der Waals surface area contributed by atoms with Gasteiger partial charge in [-0.2, -0.15) is 0 Å². The average Bonchev–Trinajstić information content (AvgIpc) is 3.04. The zero-order valence-electron chi connectivity index (χ0n) is 15.6. The molecule has 1 fully saturated rings. The van der Waals surface area contributed by atoms with Crippen LogP contribution in [0.25, 0.3) is 0 Å². The van der Waals surface area contributed by atoms with Gasteiger partial charge in [0.15, 0.2) is 0 Å². The number of imide groups is 1. The highest BCUT2D eigenvalue weighted by atomic mass is 32.2. The molecule has 2 aromatic rings. The molecule has 30 heavy (non-hydrogen) atoms. The van der Waals surface area contributed by atoms with Gasteiger partial charge < -0.3 is 5.32 Å². The number of amides is 3. The van der Waals surface area contributed by atoms with E-state index in [-0.39, 0.29) is 53.1 Å². The Hall–Kier alpha value is -3.60. The molecule has 11 heteroatoms. The third-order valence-corrected chi connectivity index (χ3v) is 6.31. The lowest BCUT2D eigenvalue weighted by Gasteiger charge is -2.13. The minimum absolute atomic E-state index is 0.00386. The quantitative estimate of drug-likeness (QED) is 0.400. The van der Waals surface area contributed by atoms with Crippen LogP contribution in [0.5, 0.6) is 0 Å². The summed E-state index contributed by atoms with van der Waals surface area (Å²) in [6, 6.07) is 9.95. The van der Waals surface area contributed by atoms with Crippen LogP contribution in [0, 0.1) is 10.1 Å². The number of non-ortho nitro benzene ring substituents is 1. The smallest absolute Gasteiger partial charge is 0.269 e. The molecule has 0 saturated carbocycles. The summed E-state index contributed by atoms with van der Waals surface area (Å²) in [5, 5.41) is 13.3. The Bertz CT molecular complexity index is 1090. The summed E-state index contributed by atoms with van der Waals surface area (Å²) in [6.07, 6.45) is 0.247. The van der Waals surface area contributed by atoms with Crippen molar-refractivity contribution in [2.24, 2.45) is 0 Å². The number of hydrogen-bond acceptors (Lipinski definition) is 7. The molecule has 0 unspecified atom stereocenters. The maximum Gasteiger partial charge on any atom is 0.269 e. The highest BCUT2D eigenvalue weighted by Gasteiger charge is 2.28. The van der Waals surface area contributed by atoms with Crippen molar-refractivity contribution in [1.29, 1.82) is 0 Å². The lowest BCUT2D eigenvalue weighted by molar-refractivity contribution is -0.384. The van der Waals surface area contributed by atoms with E-state index >= 15 is 0 Å². The molecule has 0 radical (unpaired) electrons. The molecule has 0 bridgehead atoms. The van der Waals surface area contributed by atoms with E-state index in [1.165, 1.54) is 24.3 Å². The van der Waals surface area contributed by atoms with Gasteiger partial charge in [0, 0.05) is 43.6 Å². The first-order valence-electron chi connectivity index (χ1n) is 8.91. The van der Waals surface area contributed by atoms with Crippen molar-refractivity contribution in [1.82, 2.24) is 4.90 Å². The van der Waals surface area contributed by atoms with Crippen molar-refractivity contribution in [3.63, 3.8) is 0 Å². The molecule has 0 aromatic heterocycles. The Morgan fingerprint density at radius 1 is 0.967 bits per heavy atom. The van der Waals surface area contributed by atoms with E-state index in [0.29, 0.717) is 5.69 Å². The average molecular weight is 431 g/mol. The van der Waals surface area contributed by atoms with Crippen molar-refractivity contribution >= 4 is 38.9 Å². The standard InChI is InChI=1S/C19H17N3O7S/c23-17(11-12-21-18(24)9-10-19(21)25)20-13-1-5-15(6-2-13)30(28,29)16-7-3-14(4-8-16)22(26)27/h1-8H,9-12H2,(H,20,23). The number of carbonyl (C=O) groups is 3. The van der Waals surface area contributed by atoms with Gasteiger partial charge in [-0.15, -0.1) is 0 Å². The van der Waals surface area contributed by atoms with Crippen molar-refractivity contribution in [3.8, 4) is 0 Å². The molecule has 1 N–H and O–H groups in total. The first kappa shape index (κ1) is 21.1. The zero-order valence-corrected chi connectivity index (χ0v) is 16.4. The Labute approximate surface area is 171 Å². The zero-order chi connectivity index (χ0) is 21.9. The van der Waals surface area contributed by atoms with E-state index in [0.717, 1.165) is 29.2 Å². The first-order valence-corrected chi connectivity index (χ1v) is 10.4. The molecule has 1 heterocycles. The molecular weight excluding hydrogens is 414 g/mol. The Morgan fingerprint density at radius 3 is 1.97 bits per heavy atom. The summed E-state index contributed by atoms with van der Waals surface area (Å²) in [7, 11) is -3.88. The molecular formula is C19H17N3O7S. The highest BCUT2D eigenvalue weighted by Crippen LogP contribution is 2.24. The molecule has 0 spiro atoms. The van der Waals surface area contributed by atoms with Crippen molar-refractivity contribution in [2.45, 2.75) is 29.1 Å². The van der Waals surface area contributed by atoms with Crippen LogP contribution in [-0.4, -0.2) is 42.5 Å². The number of hydrogen-bond donors (Lipinski definition) is 1. The van der Waals surface area contributed by atoms with Gasteiger partial charge in [-0.3, -0.25) is 29.4 Å². The predicted molar refractivity (Wildman–Crippen MR) is 104 cm³/mol. The monoisotopic (exact) mass is 431 g/mol. The molecule has 1 saturated heterocycles. The number of benzene rings is 2. The lowest BCUT2D eigenvalue weighted by Crippen LogP contribution is -2.32. The number of sulfone groups is 1. The van der Waals surface area contributed by atoms with Gasteiger partial charge in [-0.05, 0) is 36.4 Å². The summed E-state index contributed by atoms with van der Waals surface area (Å²) < 4.78 is 25.3. The second-order valence-electron chi connectivity index (χ2n) is 6.52. The number of likely N-dealkylation sites (tertiary alicyclic amines) is 1. The number of nitro groups is 1. The van der Waals surface area contributed by atoms with Crippen molar-refractivity contribution in [3.05, 3.63) is 58.6 Å². The van der Waals surface area contributed by atoms with Crippen LogP contribution in [0.4, 0.5) is 11.4 Å². The van der Waals surface area contributed by atoms with Gasteiger partial charge in [0.05, 0.1) is 14.7 Å². The highest BCUT2D eigenvalue weighted by molar-refractivity contribution is 7.91. The van der Waals surface area contributed by atoms with E-state index in [1.54, 1.807) is 0 Å². The molecule has 2 aromatic carbocycles. The van der Waals surface area contributed by atoms with Crippen LogP contribution < -0.4 is 5.32 Å². The summed E-state index contributed by atoms with van der Waals surface area (Å²) in [5.74, 6) is -1.02. The Morgan fingerprint density at radius 2 is 1.47 bits per heavy atom. The molecule has 3 rings (SSSR count). The largest absolute Gasteiger partial charge is 0.326 e. The van der Waals surface area contributed by atoms with E-state index in [4.69, 9.17) is 0 Å². The normalized spacial score (nSPS) is 14.1. The van der Waals surface area contributed by atoms with Gasteiger partial charge in [0.1, 0.15) is 0 Å². The van der Waals surface area contributed by atoms with Crippen LogP contribution >= 0.6 is 0 Å². The van der Waals surface area contributed by atoms with Gasteiger partial charge in [-0.25, -0.2) is 8.42 Å². The third kappa shape index (κ3) is 4.51. The van der Waals surface area contributed by atoms with Crippen LogP contribution in [0.15, 0.2) is 58.3 Å². The lowest BCUT2D eigenvalue weighted by atomic mass is 10.3. The van der Waals surface area contributed by atoms with E-state index in [1.807, 2.05) is 0 Å². The number of carbonyl (C=O) groups excluding carboxylic acids is 3. The van der Waals surface area contributed by atoms with E-state index < -0.39 is 20.7 Å². The third-order valence-electron chi connectivity index (χ3n) is 4.52. The number of nitro benzene ring substituents is 1. The predicted octanol–water partition coefficient (Wildman–Crippen LogP) is 1.91. The number of nitrogens with one attached hydrogen (secondary N) is 1. The second-order valence-corrected chi connectivity index (χ2v) is 8.47. The number of nitrogens with zero attached hydrogens (tertiary/aromatic N) is 2. The maximum atomic E-state index is 12.6. The van der Waals surface area contributed by atoms with Gasteiger partial charge in [-0.1, -0.05) is 0 Å². The SMILES string of the molecule is O=C(CCN1C(=O)CCC1=O)Nc1ccc(S(=O)(=O)c2ccc([N+](=O)[O-])cc2)cc1. The Kier molecular flexibility index (Phi) is 5.92. The molecule has 0 aliphatic carbocycles. The van der Waals surface area contributed by atoms with Gasteiger partial charge in [0.2, 0.25) is 27.6 Å². The topological polar surface area (TPSA) is 144 Å². The number of rotatable bonds is 7. The van der Waals surface area contributed by atoms with Crippen LogP contribution in [0.3, 0.4) is 0 Å². The van der Waals surface area contributed by atoms with Gasteiger partial charge >= 0.3 is 0 Å². The van der Waals surface area contributed by atoms with E-state index in [9.17, 15) is 32.9 Å². The van der Waals surface area contributed by atoms with Crippen molar-refractivity contribution < 1.29 is 27.7 Å². The van der Waals surface area contributed by atoms with Gasteiger partial charge in [0.25, 0.3) is 5.69 Å². The first-order chi connectivity index (χ1) is 14.2. The van der Waals surface area contributed by atoms with Crippen LogP contribution in [0.2, 0.25) is 0 Å². The fourth-order valence-corrected chi connectivity index (χ4v) is 4.17. The fraction of sp³-hybridized carbons (Fsp3) is 0.211. The summed E-state index contributed by atoms with van der Waals surface area (Å²) in [6.45, 7) is -0.00386. The molecule has 3 amide bonds. The summed E-state index contributed by atoms with van der Waals surface area (Å²) >= 11 is 0. The van der Waals surface area contributed by atoms with E-state index in [2.05, 4.69) is 5.32 Å². The Balaban J connectivity index is 1.63. The molecule has 1 aliphatic rings. The molecule has 10 nitrogen and oxygen atoms in total.